The monoisotopic (exact) mass is 388 g/mol. The summed E-state index contributed by atoms with van der Waals surface area (Å²) in [7, 11) is 1.62. The largest absolute Gasteiger partial charge is 0.333 e. The Morgan fingerprint density at radius 1 is 1.12 bits per heavy atom. The van der Waals surface area contributed by atoms with Crippen molar-refractivity contribution in [3.63, 3.8) is 0 Å². The second-order valence-corrected chi connectivity index (χ2v) is 6.94. The zero-order chi connectivity index (χ0) is 17.7. The Morgan fingerprint density at radius 3 is 2.42 bits per heavy atom. The van der Waals surface area contributed by atoms with Crippen LogP contribution in [0, 0.1) is 0 Å². The molecule has 0 aromatic heterocycles. The van der Waals surface area contributed by atoms with E-state index in [1.54, 1.807) is 13.1 Å². The molecule has 0 bridgehead atoms. The van der Waals surface area contributed by atoms with E-state index < -0.39 is 11.8 Å². The third-order valence-electron chi connectivity index (χ3n) is 3.69. The Labute approximate surface area is 151 Å². The summed E-state index contributed by atoms with van der Waals surface area (Å²) in [4.78, 5) is 25.8. The summed E-state index contributed by atoms with van der Waals surface area (Å²) >= 11 is 3.37. The van der Waals surface area contributed by atoms with E-state index in [1.165, 1.54) is 4.90 Å². The minimum Gasteiger partial charge on any atom is -0.333 e. The highest BCUT2D eigenvalue weighted by atomic mass is 79.9. The molecule has 2 amide bonds. The maximum atomic E-state index is 12.2. The summed E-state index contributed by atoms with van der Waals surface area (Å²) in [6, 6.07) is 15.2. The molecule has 0 saturated heterocycles. The van der Waals surface area contributed by atoms with Gasteiger partial charge < -0.3 is 10.2 Å². The van der Waals surface area contributed by atoms with E-state index in [-0.39, 0.29) is 0 Å². The minimum atomic E-state index is -0.629. The Bertz CT molecular complexity index is 726. The summed E-state index contributed by atoms with van der Waals surface area (Å²) < 4.78 is 0.975. The summed E-state index contributed by atoms with van der Waals surface area (Å²) in [5, 5.41) is 2.68. The molecule has 0 unspecified atom stereocenters. The molecule has 2 rings (SSSR count). The molecule has 1 N–H and O–H groups in total. The van der Waals surface area contributed by atoms with Gasteiger partial charge in [0, 0.05) is 23.8 Å². The van der Waals surface area contributed by atoms with Crippen LogP contribution >= 0.6 is 15.9 Å². The van der Waals surface area contributed by atoms with E-state index in [0.717, 1.165) is 15.6 Å². The Hall–Kier alpha value is -2.14. The fraction of sp³-hybridized carbons (Fsp3) is 0.263. The molecular formula is C19H21BrN2O2. The fourth-order valence-corrected chi connectivity index (χ4v) is 2.53. The van der Waals surface area contributed by atoms with Crippen molar-refractivity contribution in [2.24, 2.45) is 0 Å². The SMILES string of the molecule is CC(C)c1cccc(NC(=O)C(=O)N(C)Cc2ccc(Br)cc2)c1. The molecule has 126 valence electrons. The highest BCUT2D eigenvalue weighted by Crippen LogP contribution is 2.18. The summed E-state index contributed by atoms with van der Waals surface area (Å²) in [5.41, 5.74) is 2.71. The number of carbonyl (C=O) groups is 2. The maximum absolute atomic E-state index is 12.2. The number of halogens is 1. The second kappa shape index (κ2) is 8.11. The fourth-order valence-electron chi connectivity index (χ4n) is 2.27. The first kappa shape index (κ1) is 18.2. The van der Waals surface area contributed by atoms with Gasteiger partial charge in [0.15, 0.2) is 0 Å². The van der Waals surface area contributed by atoms with Crippen molar-refractivity contribution in [2.75, 3.05) is 12.4 Å². The first-order chi connectivity index (χ1) is 11.4. The van der Waals surface area contributed by atoms with Crippen LogP contribution in [0.5, 0.6) is 0 Å². The number of rotatable bonds is 4. The number of amides is 2. The van der Waals surface area contributed by atoms with Gasteiger partial charge in [-0.1, -0.05) is 54.0 Å². The van der Waals surface area contributed by atoms with E-state index in [1.807, 2.05) is 42.5 Å². The quantitative estimate of drug-likeness (QED) is 0.798. The van der Waals surface area contributed by atoms with E-state index in [2.05, 4.69) is 35.1 Å². The molecule has 2 aromatic rings. The van der Waals surface area contributed by atoms with Crippen molar-refractivity contribution in [3.05, 3.63) is 64.1 Å². The third-order valence-corrected chi connectivity index (χ3v) is 4.21. The van der Waals surface area contributed by atoms with Crippen molar-refractivity contribution < 1.29 is 9.59 Å². The molecule has 0 aliphatic carbocycles. The molecule has 0 radical (unpaired) electrons. The molecule has 0 aliphatic heterocycles. The Kier molecular flexibility index (Phi) is 6.15. The van der Waals surface area contributed by atoms with Crippen molar-refractivity contribution in [1.82, 2.24) is 4.90 Å². The normalized spacial score (nSPS) is 10.5. The molecule has 0 atom stereocenters. The zero-order valence-corrected chi connectivity index (χ0v) is 15.6. The zero-order valence-electron chi connectivity index (χ0n) is 14.0. The molecule has 0 fully saturated rings. The van der Waals surface area contributed by atoms with Gasteiger partial charge in [-0.3, -0.25) is 9.59 Å². The van der Waals surface area contributed by atoms with Gasteiger partial charge in [-0.05, 0) is 41.3 Å². The predicted octanol–water partition coefficient (Wildman–Crippen LogP) is 4.17. The smallest absolute Gasteiger partial charge is 0.313 e. The predicted molar refractivity (Wildman–Crippen MR) is 99.8 cm³/mol. The van der Waals surface area contributed by atoms with E-state index >= 15 is 0 Å². The van der Waals surface area contributed by atoms with Crippen molar-refractivity contribution in [3.8, 4) is 0 Å². The number of nitrogens with zero attached hydrogens (tertiary/aromatic N) is 1. The molecule has 5 heteroatoms. The van der Waals surface area contributed by atoms with Crippen LogP contribution in [0.25, 0.3) is 0 Å². The van der Waals surface area contributed by atoms with Gasteiger partial charge in [0.05, 0.1) is 0 Å². The Balaban J connectivity index is 1.99. The summed E-state index contributed by atoms with van der Waals surface area (Å²) in [6.07, 6.45) is 0. The summed E-state index contributed by atoms with van der Waals surface area (Å²) in [6.45, 7) is 4.54. The van der Waals surface area contributed by atoms with Gasteiger partial charge in [-0.2, -0.15) is 0 Å². The van der Waals surface area contributed by atoms with E-state index in [9.17, 15) is 9.59 Å². The van der Waals surface area contributed by atoms with Crippen LogP contribution in [0.3, 0.4) is 0 Å². The lowest BCUT2D eigenvalue weighted by atomic mass is 10.0. The van der Waals surface area contributed by atoms with E-state index in [0.29, 0.717) is 18.2 Å². The van der Waals surface area contributed by atoms with E-state index in [4.69, 9.17) is 0 Å². The van der Waals surface area contributed by atoms with Gasteiger partial charge >= 0.3 is 11.8 Å². The van der Waals surface area contributed by atoms with Gasteiger partial charge in [0.25, 0.3) is 0 Å². The molecule has 0 spiro atoms. The average molecular weight is 389 g/mol. The Morgan fingerprint density at radius 2 is 1.79 bits per heavy atom. The lowest BCUT2D eigenvalue weighted by Gasteiger charge is -2.17. The van der Waals surface area contributed by atoms with Crippen LogP contribution in [-0.2, 0) is 16.1 Å². The van der Waals surface area contributed by atoms with Crippen LogP contribution in [0.15, 0.2) is 53.0 Å². The first-order valence-corrected chi connectivity index (χ1v) is 8.57. The summed E-state index contributed by atoms with van der Waals surface area (Å²) in [5.74, 6) is -0.832. The van der Waals surface area contributed by atoms with Crippen LogP contribution in [0.1, 0.15) is 30.9 Å². The lowest BCUT2D eigenvalue weighted by molar-refractivity contribution is -0.142. The number of hydrogen-bond donors (Lipinski definition) is 1. The van der Waals surface area contributed by atoms with Crippen LogP contribution in [0.4, 0.5) is 5.69 Å². The molecular weight excluding hydrogens is 368 g/mol. The van der Waals surface area contributed by atoms with Gasteiger partial charge in [-0.25, -0.2) is 0 Å². The van der Waals surface area contributed by atoms with Crippen molar-refractivity contribution >= 4 is 33.4 Å². The third kappa shape index (κ3) is 4.93. The minimum absolute atomic E-state index is 0.359. The van der Waals surface area contributed by atoms with Gasteiger partial charge in [0.1, 0.15) is 0 Å². The van der Waals surface area contributed by atoms with Crippen molar-refractivity contribution in [2.45, 2.75) is 26.3 Å². The molecule has 2 aromatic carbocycles. The number of carbonyl (C=O) groups excluding carboxylic acids is 2. The molecule has 0 saturated carbocycles. The topological polar surface area (TPSA) is 49.4 Å². The van der Waals surface area contributed by atoms with Gasteiger partial charge in [0.2, 0.25) is 0 Å². The number of benzene rings is 2. The number of nitrogens with one attached hydrogen (secondary N) is 1. The number of likely N-dealkylation sites (N-methyl/N-ethyl adjacent to an activating group) is 1. The second-order valence-electron chi connectivity index (χ2n) is 6.02. The van der Waals surface area contributed by atoms with Crippen LogP contribution < -0.4 is 5.32 Å². The maximum Gasteiger partial charge on any atom is 0.313 e. The molecule has 24 heavy (non-hydrogen) atoms. The lowest BCUT2D eigenvalue weighted by Crippen LogP contribution is -2.36. The van der Waals surface area contributed by atoms with Crippen LogP contribution in [0.2, 0.25) is 0 Å². The molecule has 4 nitrogen and oxygen atoms in total. The van der Waals surface area contributed by atoms with Gasteiger partial charge in [-0.15, -0.1) is 0 Å². The number of anilines is 1. The van der Waals surface area contributed by atoms with Crippen LogP contribution in [-0.4, -0.2) is 23.8 Å². The van der Waals surface area contributed by atoms with Crippen molar-refractivity contribution in [1.29, 1.82) is 0 Å². The average Bonchev–Trinajstić information content (AvgIpc) is 2.56. The standard InChI is InChI=1S/C19H21BrN2O2/c1-13(2)15-5-4-6-17(11-15)21-18(23)19(24)22(3)12-14-7-9-16(20)10-8-14/h4-11,13H,12H2,1-3H3,(H,21,23). The highest BCUT2D eigenvalue weighted by molar-refractivity contribution is 9.10. The highest BCUT2D eigenvalue weighted by Gasteiger charge is 2.19. The molecule has 0 heterocycles. The molecule has 0 aliphatic rings. The first-order valence-electron chi connectivity index (χ1n) is 7.77. The number of hydrogen-bond acceptors (Lipinski definition) is 2.